The van der Waals surface area contributed by atoms with Crippen molar-refractivity contribution >= 4 is 17.7 Å². The summed E-state index contributed by atoms with van der Waals surface area (Å²) in [5.74, 6) is -0.0490. The van der Waals surface area contributed by atoms with Gasteiger partial charge in [0.15, 0.2) is 0 Å². The third-order valence-electron chi connectivity index (χ3n) is 7.34. The van der Waals surface area contributed by atoms with Crippen LogP contribution in [-0.2, 0) is 14.4 Å². The Bertz CT molecular complexity index is 540. The van der Waals surface area contributed by atoms with Crippen LogP contribution in [-0.4, -0.2) is 35.2 Å². The van der Waals surface area contributed by atoms with E-state index >= 15 is 0 Å². The van der Waals surface area contributed by atoms with Crippen molar-refractivity contribution in [2.24, 2.45) is 23.2 Å². The normalized spacial score (nSPS) is 32.5. The van der Waals surface area contributed by atoms with Gasteiger partial charge in [-0.3, -0.25) is 19.3 Å². The monoisotopic (exact) mass is 362 g/mol. The first-order chi connectivity index (χ1) is 12.3. The van der Waals surface area contributed by atoms with Gasteiger partial charge in [-0.15, -0.1) is 0 Å². The summed E-state index contributed by atoms with van der Waals surface area (Å²) in [6, 6.07) is 0.182. The molecule has 3 aliphatic rings. The number of amides is 3. The number of carbonyl (C=O) groups excluding carboxylic acids is 3. The van der Waals surface area contributed by atoms with E-state index in [0.717, 1.165) is 51.4 Å². The lowest BCUT2D eigenvalue weighted by atomic mass is 9.69. The van der Waals surface area contributed by atoms with Gasteiger partial charge in [-0.1, -0.05) is 40.0 Å². The predicted molar refractivity (Wildman–Crippen MR) is 100 cm³/mol. The van der Waals surface area contributed by atoms with Gasteiger partial charge >= 0.3 is 0 Å². The van der Waals surface area contributed by atoms with E-state index in [0.29, 0.717) is 11.3 Å². The van der Waals surface area contributed by atoms with E-state index in [-0.39, 0.29) is 42.1 Å². The highest BCUT2D eigenvalue weighted by atomic mass is 16.2. The highest BCUT2D eigenvalue weighted by Crippen LogP contribution is 2.40. The molecule has 0 aromatic rings. The standard InChI is InChI=1S/C21H34N2O3/c1-4-21(2,3)14-9-11-15(12-10-14)22-18(24)13-23-19(25)16-7-5-6-8-17(16)20(23)26/h14-17H,4-13H2,1-3H3,(H,22,24). The van der Waals surface area contributed by atoms with Crippen LogP contribution in [0, 0.1) is 23.2 Å². The van der Waals surface area contributed by atoms with Crippen molar-refractivity contribution in [2.45, 2.75) is 84.6 Å². The zero-order valence-corrected chi connectivity index (χ0v) is 16.6. The molecule has 1 N–H and O–H groups in total. The second-order valence-electron chi connectivity index (χ2n) is 9.22. The molecule has 2 aliphatic carbocycles. The van der Waals surface area contributed by atoms with Gasteiger partial charge in [0.2, 0.25) is 17.7 Å². The van der Waals surface area contributed by atoms with E-state index in [9.17, 15) is 14.4 Å². The zero-order chi connectivity index (χ0) is 18.9. The largest absolute Gasteiger partial charge is 0.352 e. The van der Waals surface area contributed by atoms with Crippen molar-refractivity contribution in [3.8, 4) is 0 Å². The van der Waals surface area contributed by atoms with E-state index in [4.69, 9.17) is 0 Å². The van der Waals surface area contributed by atoms with Crippen LogP contribution < -0.4 is 5.32 Å². The van der Waals surface area contributed by atoms with Crippen LogP contribution in [0.4, 0.5) is 0 Å². The molecule has 3 rings (SSSR count). The molecule has 0 bridgehead atoms. The molecule has 2 atom stereocenters. The topological polar surface area (TPSA) is 66.5 Å². The Hall–Kier alpha value is -1.39. The summed E-state index contributed by atoms with van der Waals surface area (Å²) < 4.78 is 0. The number of carbonyl (C=O) groups is 3. The summed E-state index contributed by atoms with van der Waals surface area (Å²) in [4.78, 5) is 38.6. The Labute approximate surface area is 157 Å². The van der Waals surface area contributed by atoms with E-state index in [1.807, 2.05) is 0 Å². The number of rotatable bonds is 5. The van der Waals surface area contributed by atoms with Crippen molar-refractivity contribution in [2.75, 3.05) is 6.54 Å². The smallest absolute Gasteiger partial charge is 0.240 e. The summed E-state index contributed by atoms with van der Waals surface area (Å²) in [6.45, 7) is 6.82. The SMILES string of the molecule is CCC(C)(C)C1CCC(NC(=O)CN2C(=O)C3CCCCC3C2=O)CC1. The first-order valence-electron chi connectivity index (χ1n) is 10.5. The number of nitrogens with zero attached hydrogens (tertiary/aromatic N) is 1. The second-order valence-corrected chi connectivity index (χ2v) is 9.22. The van der Waals surface area contributed by atoms with Crippen LogP contribution in [0.2, 0.25) is 0 Å². The fourth-order valence-electron chi connectivity index (χ4n) is 5.11. The van der Waals surface area contributed by atoms with E-state index in [1.165, 1.54) is 11.3 Å². The Morgan fingerprint density at radius 3 is 2.04 bits per heavy atom. The molecule has 2 saturated carbocycles. The minimum atomic E-state index is -0.177. The van der Waals surface area contributed by atoms with Crippen molar-refractivity contribution in [3.63, 3.8) is 0 Å². The quantitative estimate of drug-likeness (QED) is 0.763. The highest BCUT2D eigenvalue weighted by Gasteiger charge is 2.48. The van der Waals surface area contributed by atoms with Crippen LogP contribution in [0.1, 0.15) is 78.6 Å². The molecule has 1 heterocycles. The van der Waals surface area contributed by atoms with Gasteiger partial charge in [0.25, 0.3) is 0 Å². The molecule has 26 heavy (non-hydrogen) atoms. The molecule has 2 unspecified atom stereocenters. The summed E-state index contributed by atoms with van der Waals surface area (Å²) in [5, 5.41) is 3.07. The molecule has 0 spiro atoms. The van der Waals surface area contributed by atoms with Crippen molar-refractivity contribution in [1.29, 1.82) is 0 Å². The lowest BCUT2D eigenvalue weighted by Gasteiger charge is -2.39. The number of imide groups is 1. The number of nitrogens with one attached hydrogen (secondary N) is 1. The van der Waals surface area contributed by atoms with Crippen LogP contribution in [0.25, 0.3) is 0 Å². The van der Waals surface area contributed by atoms with Gasteiger partial charge in [-0.05, 0) is 49.9 Å². The molecule has 1 aliphatic heterocycles. The number of hydrogen-bond acceptors (Lipinski definition) is 3. The average molecular weight is 363 g/mol. The molecule has 1 saturated heterocycles. The van der Waals surface area contributed by atoms with Crippen molar-refractivity contribution in [1.82, 2.24) is 10.2 Å². The fourth-order valence-corrected chi connectivity index (χ4v) is 5.11. The van der Waals surface area contributed by atoms with E-state index < -0.39 is 0 Å². The first-order valence-corrected chi connectivity index (χ1v) is 10.5. The fraction of sp³-hybridized carbons (Fsp3) is 0.857. The molecule has 3 amide bonds. The molecular formula is C21H34N2O3. The third kappa shape index (κ3) is 3.81. The van der Waals surface area contributed by atoms with Gasteiger partial charge in [-0.25, -0.2) is 0 Å². The van der Waals surface area contributed by atoms with Crippen LogP contribution in [0.3, 0.4) is 0 Å². The number of likely N-dealkylation sites (tertiary alicyclic amines) is 1. The Morgan fingerprint density at radius 2 is 1.54 bits per heavy atom. The predicted octanol–water partition coefficient (Wildman–Crippen LogP) is 3.27. The van der Waals surface area contributed by atoms with Crippen molar-refractivity contribution < 1.29 is 14.4 Å². The number of hydrogen-bond donors (Lipinski definition) is 1. The number of fused-ring (bicyclic) bond motifs is 1. The summed E-state index contributed by atoms with van der Waals surface area (Å²) in [7, 11) is 0. The van der Waals surface area contributed by atoms with E-state index in [2.05, 4.69) is 26.1 Å². The second kappa shape index (κ2) is 7.69. The van der Waals surface area contributed by atoms with E-state index in [1.54, 1.807) is 0 Å². The molecule has 0 radical (unpaired) electrons. The molecule has 0 aromatic heterocycles. The van der Waals surface area contributed by atoms with Gasteiger partial charge in [0, 0.05) is 6.04 Å². The molecule has 0 aromatic carbocycles. The molecule has 146 valence electrons. The molecule has 5 nitrogen and oxygen atoms in total. The minimum absolute atomic E-state index is 0.0922. The lowest BCUT2D eigenvalue weighted by molar-refractivity contribution is -0.143. The van der Waals surface area contributed by atoms with Gasteiger partial charge in [-0.2, -0.15) is 0 Å². The molecule has 3 fully saturated rings. The first kappa shape index (κ1) is 19.4. The van der Waals surface area contributed by atoms with Gasteiger partial charge < -0.3 is 5.32 Å². The zero-order valence-electron chi connectivity index (χ0n) is 16.6. The maximum atomic E-state index is 12.5. The van der Waals surface area contributed by atoms with Gasteiger partial charge in [0.1, 0.15) is 6.54 Å². The van der Waals surface area contributed by atoms with Crippen LogP contribution in [0.15, 0.2) is 0 Å². The Morgan fingerprint density at radius 1 is 1.00 bits per heavy atom. The molecular weight excluding hydrogens is 328 g/mol. The summed E-state index contributed by atoms with van der Waals surface area (Å²) in [5.41, 5.74) is 0.361. The van der Waals surface area contributed by atoms with Crippen LogP contribution >= 0.6 is 0 Å². The Balaban J connectivity index is 1.49. The highest BCUT2D eigenvalue weighted by molar-refractivity contribution is 6.07. The summed E-state index contributed by atoms with van der Waals surface area (Å²) in [6.07, 6.45) is 9.05. The summed E-state index contributed by atoms with van der Waals surface area (Å²) >= 11 is 0. The third-order valence-corrected chi connectivity index (χ3v) is 7.34. The van der Waals surface area contributed by atoms with Gasteiger partial charge in [0.05, 0.1) is 11.8 Å². The average Bonchev–Trinajstić information content (AvgIpc) is 2.87. The lowest BCUT2D eigenvalue weighted by Crippen LogP contribution is -2.46. The Kier molecular flexibility index (Phi) is 5.73. The van der Waals surface area contributed by atoms with Crippen molar-refractivity contribution in [3.05, 3.63) is 0 Å². The minimum Gasteiger partial charge on any atom is -0.352 e. The molecule has 5 heteroatoms. The van der Waals surface area contributed by atoms with Crippen LogP contribution in [0.5, 0.6) is 0 Å². The maximum Gasteiger partial charge on any atom is 0.240 e. The maximum absolute atomic E-state index is 12.5.